The van der Waals surface area contributed by atoms with Gasteiger partial charge in [0, 0.05) is 78.8 Å². The topological polar surface area (TPSA) is 627 Å². The van der Waals surface area contributed by atoms with Crippen LogP contribution in [0.4, 0.5) is 4.79 Å². The number of aliphatic hydroxyl groups is 4. The van der Waals surface area contributed by atoms with E-state index >= 15 is 0 Å². The monoisotopic (exact) mass is 2000 g/mol. The SMILES string of the molecule is CC(=O)Cl.CC(=O)N[C@H](C(=O)N1CCCC12CN(Cc1nnco1)C2=O)[C@@H](C)O.CC(C)C(=O)Cl.CC(C)C(=O)N[C@H](C(=O)N1CCCC12CN(Cc1nnco1)C2=O)[C@@H](C)O.C[C@@H](O)[C@H](N)C(=O)N1CCCC12CN(Cc1nnco1)C2=O.C[C@@H](O)[C@H](NC(=O)OCc1ccccc1)C(=O)N1CCCC12CN(Cc1nnco1)C2=O.O=C1N(Cc2nnco2)CC12CCCN2.[CH3-].[Pd]. The Morgan fingerprint density at radius 2 is 0.759 bits per heavy atom. The first-order valence-corrected chi connectivity index (χ1v) is 43.5. The van der Waals surface area contributed by atoms with Gasteiger partial charge in [-0.2, -0.15) is 0 Å². The molecule has 5 aromatic heterocycles. The molecule has 51 heteroatoms. The Morgan fingerprint density at radius 1 is 0.451 bits per heavy atom. The number of nitrogens with one attached hydrogen (secondary N) is 4. The van der Waals surface area contributed by atoms with Crippen molar-refractivity contribution in [3.05, 3.63) is 105 Å². The van der Waals surface area contributed by atoms with Gasteiger partial charge in [-0.3, -0.25) is 62.3 Å². The van der Waals surface area contributed by atoms with Crippen molar-refractivity contribution < 1.29 is 135 Å². The van der Waals surface area contributed by atoms with Gasteiger partial charge in [0.25, 0.3) is 23.6 Å². The Bertz CT molecular complexity index is 4920. The van der Waals surface area contributed by atoms with E-state index in [9.17, 15) is 87.5 Å². The molecule has 10 saturated heterocycles. The van der Waals surface area contributed by atoms with Crippen LogP contribution in [0.25, 0.3) is 0 Å². The average Bonchev–Trinajstić information content (AvgIpc) is 1.62. The zero-order chi connectivity index (χ0) is 95.6. The fraction of sp³-hybridized carbons (Fsp3) is 0.622. The van der Waals surface area contributed by atoms with E-state index in [4.69, 9.17) is 44.2 Å². The van der Waals surface area contributed by atoms with Crippen molar-refractivity contribution in [3.63, 3.8) is 0 Å². The van der Waals surface area contributed by atoms with Crippen LogP contribution in [-0.4, -0.2) is 339 Å². The van der Waals surface area contributed by atoms with Gasteiger partial charge in [-0.15, -0.1) is 51.0 Å². The van der Waals surface area contributed by atoms with E-state index in [0.717, 1.165) is 37.9 Å². The second-order valence-electron chi connectivity index (χ2n) is 34.0. The molecular formula is C82H115Cl2N24O24Pd-. The van der Waals surface area contributed by atoms with Gasteiger partial charge < -0.3 is 126 Å². The summed E-state index contributed by atoms with van der Waals surface area (Å²) in [6.45, 7) is 21.4. The van der Waals surface area contributed by atoms with Crippen LogP contribution in [0.15, 0.2) is 84.4 Å². The quantitative estimate of drug-likeness (QED) is 0.0144. The molecule has 10 fully saturated rings. The number of aromatic nitrogens is 10. The first-order valence-electron chi connectivity index (χ1n) is 42.8. The van der Waals surface area contributed by atoms with E-state index in [-0.39, 0.29) is 130 Å². The van der Waals surface area contributed by atoms with Gasteiger partial charge in [0.1, 0.15) is 58.5 Å². The number of alkyl carbamates (subject to hydrolysis) is 1. The number of ether oxygens (including phenoxy) is 1. The number of nitrogens with zero attached hydrogens (tertiary/aromatic N) is 19. The molecule has 0 aliphatic carbocycles. The van der Waals surface area contributed by atoms with Crippen LogP contribution in [0.2, 0.25) is 0 Å². The van der Waals surface area contributed by atoms with Crippen molar-refractivity contribution in [2.45, 2.75) is 249 Å². The predicted octanol–water partition coefficient (Wildman–Crippen LogP) is -0.956. The maximum atomic E-state index is 13.3. The minimum absolute atomic E-state index is 0. The van der Waals surface area contributed by atoms with E-state index in [0.29, 0.717) is 133 Å². The van der Waals surface area contributed by atoms with Crippen molar-refractivity contribution in [2.75, 3.05) is 65.4 Å². The van der Waals surface area contributed by atoms with E-state index in [2.05, 4.69) is 83.9 Å². The molecule has 48 nitrogen and oxygen atoms in total. The Morgan fingerprint density at radius 3 is 1.02 bits per heavy atom. The number of likely N-dealkylation sites (tertiary alicyclic amines) is 9. The van der Waals surface area contributed by atoms with Crippen molar-refractivity contribution in [1.29, 1.82) is 0 Å². The molecular weight excluding hydrogens is 1880 g/mol. The van der Waals surface area contributed by atoms with Crippen LogP contribution in [0, 0.1) is 19.3 Å². The van der Waals surface area contributed by atoms with E-state index < -0.39 is 100 Å². The molecule has 0 saturated carbocycles. The van der Waals surface area contributed by atoms with E-state index in [1.54, 1.807) is 59.4 Å². The minimum atomic E-state index is -1.23. The first kappa shape index (κ1) is 107. The number of carbonyl (C=O) groups is 14. The fourth-order valence-electron chi connectivity index (χ4n) is 17.0. The molecule has 6 aromatic rings. The zero-order valence-electron chi connectivity index (χ0n) is 75.5. The molecule has 10 N–H and O–H groups in total. The molecule has 133 heavy (non-hydrogen) atoms. The third kappa shape index (κ3) is 25.0. The normalized spacial score (nSPS) is 23.4. The molecule has 5 unspecified atom stereocenters. The van der Waals surface area contributed by atoms with Crippen LogP contribution in [0.3, 0.4) is 0 Å². The fourth-order valence-corrected chi connectivity index (χ4v) is 17.0. The summed E-state index contributed by atoms with van der Waals surface area (Å²) in [5.74, 6) is -1.52. The van der Waals surface area contributed by atoms with Crippen LogP contribution < -0.4 is 27.0 Å². The molecule has 12 amide bonds. The summed E-state index contributed by atoms with van der Waals surface area (Å²) < 4.78 is 30.4. The third-order valence-electron chi connectivity index (χ3n) is 23.8. The van der Waals surface area contributed by atoms with Crippen molar-refractivity contribution in [1.82, 2.24) is 116 Å². The molecule has 1 aromatic carbocycles. The Labute approximate surface area is 788 Å². The van der Waals surface area contributed by atoms with Crippen molar-refractivity contribution in [2.24, 2.45) is 17.6 Å². The van der Waals surface area contributed by atoms with Gasteiger partial charge >= 0.3 is 6.09 Å². The number of carbonyl (C=O) groups excluding carboxylic acids is 14. The van der Waals surface area contributed by atoms with Gasteiger partial charge in [-0.25, -0.2) is 4.79 Å². The van der Waals surface area contributed by atoms with Crippen LogP contribution in [0.5, 0.6) is 0 Å². The van der Waals surface area contributed by atoms with Crippen molar-refractivity contribution >= 4 is 105 Å². The number of β-lactam (4-membered cyclic amide) rings is 5. The number of nitrogens with two attached hydrogens (primary N) is 1. The van der Waals surface area contributed by atoms with Crippen LogP contribution >= 0.6 is 23.2 Å². The predicted molar refractivity (Wildman–Crippen MR) is 455 cm³/mol. The number of amides is 12. The summed E-state index contributed by atoms with van der Waals surface area (Å²) in [4.78, 5) is 183. The minimum Gasteiger partial charge on any atom is -0.445 e. The Hall–Kier alpha value is -11.3. The number of hydrogen-bond acceptors (Lipinski definition) is 36. The first-order chi connectivity index (χ1) is 62.1. The molecule has 5 spiro atoms. The molecule has 732 valence electrons. The molecule has 0 bridgehead atoms. The third-order valence-corrected chi connectivity index (χ3v) is 24.2. The van der Waals surface area contributed by atoms with Crippen molar-refractivity contribution in [3.8, 4) is 0 Å². The van der Waals surface area contributed by atoms with Gasteiger partial charge in [0.05, 0.1) is 83.3 Å². The molecule has 15 heterocycles. The maximum Gasteiger partial charge on any atom is 0.408 e. The molecule has 10 aliphatic heterocycles. The summed E-state index contributed by atoms with van der Waals surface area (Å²) >= 11 is 9.61. The zero-order valence-corrected chi connectivity index (χ0v) is 78.6. The summed E-state index contributed by atoms with van der Waals surface area (Å²) in [6.07, 6.45) is 8.08. The van der Waals surface area contributed by atoms with Gasteiger partial charge in [0.15, 0.2) is 0 Å². The molecule has 13 atom stereocenters. The number of benzene rings is 1. The summed E-state index contributed by atoms with van der Waals surface area (Å²) in [7, 11) is 0. The second kappa shape index (κ2) is 47.1. The number of rotatable bonds is 25. The summed E-state index contributed by atoms with van der Waals surface area (Å²) in [6, 6.07) is 4.73. The maximum absolute atomic E-state index is 13.3. The number of aliphatic hydroxyl groups excluding tert-OH is 4. The van der Waals surface area contributed by atoms with Gasteiger partial charge in [0.2, 0.25) is 113 Å². The molecule has 16 rings (SSSR count). The summed E-state index contributed by atoms with van der Waals surface area (Å²) in [5, 5.41) is 86.5. The van der Waals surface area contributed by atoms with Gasteiger partial charge in [-0.05, 0) is 127 Å². The largest absolute Gasteiger partial charge is 0.445 e. The number of halogens is 2. The smallest absolute Gasteiger partial charge is 0.408 e. The van der Waals surface area contributed by atoms with Crippen LogP contribution in [0.1, 0.15) is 168 Å². The second-order valence-corrected chi connectivity index (χ2v) is 34.9. The Balaban J connectivity index is 0.000000201. The average molecular weight is 2000 g/mol. The van der Waals surface area contributed by atoms with E-state index in [1.165, 1.54) is 98.0 Å². The van der Waals surface area contributed by atoms with E-state index in [1.807, 2.05) is 18.2 Å². The standard InChI is InChI=1S/C21H25N5O6.C17H25N5O5.C15H21N5O5.C13H19N5O4.C9H12N4O2.C4H7ClO.C2H3ClO.CH3.Pd/c1-14(27)17(23-20(30)31-11-15-6-3-2-4-7-15)18(28)26-9-5-8-21(26)12-25(19(21)29)10-16-24-22-13-32-16;1-10(2)14(24)19-13(11(3)23)15(25)22-6-4-5-17(22)8-21(16(17)26)7-12-20-18-9-27-12;1-9(21)12(17-10(2)22)13(23)20-5-3-4-15(20)7-19(14(15)24)6-11-18-16-8-25-11;1-8(19)10(14)11(20)18-4-2-3-13(18)6-17(12(13)21)5-9-16-15-7-22-9;14-8-9(2-1-3-10-9)5-13(8)4-7-12-11-6-15-7;1-3(2)4(5)6;1-2(3)4;;/h2-4,6-7,13-14,17,27H,5,8-12H2,1H3,(H,23,30);9-11,13,23H,4-8H2,1-3H3,(H,19,24);8-9,12,21H,3-7H2,1-2H3,(H,17,22);7-8,10,19H,2-6,14H2,1H3;6,10H,1-5H2;3H,1-2H3;1H3;1H3;/q;;;;;;;-1;/t14-,17+,21?;11-,13+,17?;9-,12+,15?;8-,10+,13?;;;;;/m1111...../s1. The van der Waals surface area contributed by atoms with Gasteiger partial charge in [-0.1, -0.05) is 58.0 Å². The number of hydrogen-bond donors (Lipinski definition) is 9. The van der Waals surface area contributed by atoms with Crippen LogP contribution in [-0.2, 0) is 127 Å². The molecule has 0 radical (unpaired) electrons. The summed E-state index contributed by atoms with van der Waals surface area (Å²) in [5.41, 5.74) is 2.66. The molecule has 10 aliphatic rings. The Kier molecular flexibility index (Phi) is 37.9.